The van der Waals surface area contributed by atoms with E-state index in [0.717, 1.165) is 31.9 Å². The molecule has 3 aromatic rings. The summed E-state index contributed by atoms with van der Waals surface area (Å²) in [7, 11) is 1.87. The van der Waals surface area contributed by atoms with Gasteiger partial charge in [0, 0.05) is 43.2 Å². The van der Waals surface area contributed by atoms with E-state index < -0.39 is 11.9 Å². The van der Waals surface area contributed by atoms with Gasteiger partial charge in [-0.15, -0.1) is 0 Å². The molecular weight excluding hydrogens is 411 g/mol. The van der Waals surface area contributed by atoms with E-state index in [0.29, 0.717) is 11.4 Å². The van der Waals surface area contributed by atoms with Crippen LogP contribution in [0.4, 0.5) is 19.0 Å². The molecule has 0 aromatic carbocycles. The number of aromatic nitrogens is 3. The smallest absolute Gasteiger partial charge is 0.434 e. The topological polar surface area (TPSA) is 82.8 Å². The van der Waals surface area contributed by atoms with Gasteiger partial charge in [0.1, 0.15) is 11.5 Å². The van der Waals surface area contributed by atoms with Gasteiger partial charge in [-0.2, -0.15) is 13.2 Å². The van der Waals surface area contributed by atoms with Crippen molar-refractivity contribution in [3.63, 3.8) is 0 Å². The lowest BCUT2D eigenvalue weighted by Gasteiger charge is -2.36. The molecule has 3 heterocycles. The molecule has 0 bridgehead atoms. The monoisotopic (exact) mass is 433 g/mol. The zero-order valence-corrected chi connectivity index (χ0v) is 16.8. The Hall–Kier alpha value is -3.30. The highest BCUT2D eigenvalue weighted by Gasteiger charge is 2.34. The number of amides is 1. The quantitative estimate of drug-likeness (QED) is 0.657. The summed E-state index contributed by atoms with van der Waals surface area (Å²) in [5.74, 6) is 0.165. The summed E-state index contributed by atoms with van der Waals surface area (Å²) in [4.78, 5) is 21.7. The zero-order valence-electron chi connectivity index (χ0n) is 16.8. The van der Waals surface area contributed by atoms with Crippen LogP contribution >= 0.6 is 0 Å². The van der Waals surface area contributed by atoms with Crippen LogP contribution in [-0.2, 0) is 6.18 Å². The molecule has 7 nitrogen and oxygen atoms in total. The fourth-order valence-corrected chi connectivity index (χ4v) is 4.04. The lowest BCUT2D eigenvalue weighted by Crippen LogP contribution is -2.43. The molecule has 0 saturated heterocycles. The minimum Gasteiger partial charge on any atom is -0.493 e. The maximum Gasteiger partial charge on any atom is 0.434 e. The summed E-state index contributed by atoms with van der Waals surface area (Å²) in [6.45, 7) is 0. The molecule has 1 aliphatic carbocycles. The summed E-state index contributed by atoms with van der Waals surface area (Å²) < 4.78 is 40.7. The number of imidazole rings is 1. The third-order valence-electron chi connectivity index (χ3n) is 5.71. The predicted molar refractivity (Wildman–Crippen MR) is 108 cm³/mol. The number of carbonyl (C=O) groups is 1. The van der Waals surface area contributed by atoms with Crippen molar-refractivity contribution in [3.05, 3.63) is 54.0 Å². The van der Waals surface area contributed by atoms with Gasteiger partial charge < -0.3 is 15.3 Å². The number of carbonyl (C=O) groups excluding carboxylic acids is 1. The van der Waals surface area contributed by atoms with Gasteiger partial charge in [-0.05, 0) is 43.9 Å². The molecule has 10 heteroatoms. The molecule has 0 aliphatic heterocycles. The van der Waals surface area contributed by atoms with Crippen LogP contribution in [0.15, 0.2) is 42.7 Å². The van der Waals surface area contributed by atoms with Crippen molar-refractivity contribution < 1.29 is 23.1 Å². The van der Waals surface area contributed by atoms with Crippen LogP contribution in [0.3, 0.4) is 0 Å². The number of hydrogen-bond acceptors (Lipinski definition) is 5. The number of halogens is 3. The molecule has 3 aromatic heterocycles. The van der Waals surface area contributed by atoms with E-state index in [1.807, 2.05) is 11.9 Å². The van der Waals surface area contributed by atoms with Gasteiger partial charge in [-0.25, -0.2) is 9.97 Å². The Bertz CT molecular complexity index is 1090. The third kappa shape index (κ3) is 4.42. The molecule has 0 atom stereocenters. The van der Waals surface area contributed by atoms with Crippen LogP contribution in [-0.4, -0.2) is 44.5 Å². The van der Waals surface area contributed by atoms with E-state index in [1.54, 1.807) is 18.2 Å². The first-order chi connectivity index (χ1) is 14.7. The van der Waals surface area contributed by atoms with E-state index in [-0.39, 0.29) is 29.5 Å². The lowest BCUT2D eigenvalue weighted by molar-refractivity contribution is -0.140. The van der Waals surface area contributed by atoms with Crippen molar-refractivity contribution in [2.24, 2.45) is 0 Å². The van der Waals surface area contributed by atoms with E-state index >= 15 is 0 Å². The number of rotatable bonds is 4. The molecule has 2 N–H and O–H groups in total. The number of nitrogens with one attached hydrogen (secondary N) is 1. The molecular formula is C21H22F3N5O2. The molecule has 1 fully saturated rings. The zero-order chi connectivity index (χ0) is 22.2. The SMILES string of the molecule is CN(c1cccc2nc(C(F)(F)F)cn12)[C@H]1CC[C@@H](NC(=O)c2ccnc(O)c2)CC1. The Morgan fingerprint density at radius 1 is 1.23 bits per heavy atom. The highest BCUT2D eigenvalue weighted by molar-refractivity contribution is 5.94. The first-order valence-electron chi connectivity index (χ1n) is 9.96. The first kappa shape index (κ1) is 21.0. The summed E-state index contributed by atoms with van der Waals surface area (Å²) in [5.41, 5.74) is -0.320. The molecule has 1 saturated carbocycles. The molecule has 31 heavy (non-hydrogen) atoms. The fraction of sp³-hybridized carbons (Fsp3) is 0.381. The second-order valence-corrected chi connectivity index (χ2v) is 7.73. The summed E-state index contributed by atoms with van der Waals surface area (Å²) in [6, 6.07) is 8.00. The lowest BCUT2D eigenvalue weighted by atomic mass is 9.90. The Labute approximate surface area is 176 Å². The van der Waals surface area contributed by atoms with Crippen LogP contribution in [0.5, 0.6) is 5.88 Å². The number of pyridine rings is 2. The van der Waals surface area contributed by atoms with Gasteiger partial charge in [0.25, 0.3) is 5.91 Å². The number of aromatic hydroxyl groups is 1. The predicted octanol–water partition coefficient (Wildman–Crippen LogP) is 3.63. The molecule has 0 unspecified atom stereocenters. The van der Waals surface area contributed by atoms with Gasteiger partial charge in [-0.3, -0.25) is 9.20 Å². The Balaban J connectivity index is 1.42. The summed E-state index contributed by atoms with van der Waals surface area (Å²) >= 11 is 0. The molecule has 1 amide bonds. The van der Waals surface area contributed by atoms with Gasteiger partial charge in [0.05, 0.1) is 0 Å². The molecule has 164 valence electrons. The van der Waals surface area contributed by atoms with Crippen molar-refractivity contribution >= 4 is 17.4 Å². The minimum absolute atomic E-state index is 0.00618. The van der Waals surface area contributed by atoms with Crippen molar-refractivity contribution in [1.82, 2.24) is 19.7 Å². The van der Waals surface area contributed by atoms with Gasteiger partial charge in [0.2, 0.25) is 5.88 Å². The fourth-order valence-electron chi connectivity index (χ4n) is 4.04. The largest absolute Gasteiger partial charge is 0.493 e. The Morgan fingerprint density at radius 3 is 2.65 bits per heavy atom. The highest BCUT2D eigenvalue weighted by atomic mass is 19.4. The molecule has 0 spiro atoms. The van der Waals surface area contributed by atoms with Gasteiger partial charge >= 0.3 is 6.18 Å². The number of fused-ring (bicyclic) bond motifs is 1. The van der Waals surface area contributed by atoms with E-state index in [4.69, 9.17) is 0 Å². The second-order valence-electron chi connectivity index (χ2n) is 7.73. The Kier molecular flexibility index (Phi) is 5.47. The summed E-state index contributed by atoms with van der Waals surface area (Å²) in [5, 5.41) is 12.4. The van der Waals surface area contributed by atoms with Gasteiger partial charge in [0.15, 0.2) is 5.69 Å². The normalized spacial score (nSPS) is 19.4. The van der Waals surface area contributed by atoms with Crippen molar-refractivity contribution in [2.75, 3.05) is 11.9 Å². The maximum atomic E-state index is 13.1. The van der Waals surface area contributed by atoms with Crippen molar-refractivity contribution in [1.29, 1.82) is 0 Å². The first-order valence-corrected chi connectivity index (χ1v) is 9.96. The number of nitrogens with zero attached hydrogens (tertiary/aromatic N) is 4. The summed E-state index contributed by atoms with van der Waals surface area (Å²) in [6.07, 6.45) is 0.940. The average molecular weight is 433 g/mol. The van der Waals surface area contributed by atoms with Crippen LogP contribution in [0.25, 0.3) is 5.65 Å². The van der Waals surface area contributed by atoms with Crippen molar-refractivity contribution in [2.45, 2.75) is 43.9 Å². The van der Waals surface area contributed by atoms with Crippen LogP contribution < -0.4 is 10.2 Å². The maximum absolute atomic E-state index is 13.1. The number of anilines is 1. The van der Waals surface area contributed by atoms with Crippen LogP contribution in [0, 0.1) is 0 Å². The highest BCUT2D eigenvalue weighted by Crippen LogP contribution is 2.31. The standard InChI is InChI=1S/C21H22F3N5O2/c1-28(19-4-2-3-17-27-16(12-29(17)19)21(22,23)24)15-7-5-14(6-8-15)26-20(31)13-9-10-25-18(30)11-13/h2-4,9-12,14-15H,5-8H2,1H3,(H,25,30)(H,26,31)/t14-,15+. The van der Waals surface area contributed by atoms with E-state index in [9.17, 15) is 23.1 Å². The average Bonchev–Trinajstić information content (AvgIpc) is 3.19. The third-order valence-corrected chi connectivity index (χ3v) is 5.71. The molecule has 4 rings (SSSR count). The van der Waals surface area contributed by atoms with Gasteiger partial charge in [-0.1, -0.05) is 6.07 Å². The number of hydrogen-bond donors (Lipinski definition) is 2. The van der Waals surface area contributed by atoms with Crippen molar-refractivity contribution in [3.8, 4) is 5.88 Å². The molecule has 0 radical (unpaired) electrons. The minimum atomic E-state index is -4.50. The number of alkyl halides is 3. The molecule has 1 aliphatic rings. The van der Waals surface area contributed by atoms with Crippen LogP contribution in [0.2, 0.25) is 0 Å². The van der Waals surface area contributed by atoms with E-state index in [2.05, 4.69) is 15.3 Å². The second kappa shape index (κ2) is 8.09. The Morgan fingerprint density at radius 2 is 1.97 bits per heavy atom. The van der Waals surface area contributed by atoms with Crippen LogP contribution in [0.1, 0.15) is 41.7 Å². The van der Waals surface area contributed by atoms with E-state index in [1.165, 1.54) is 22.7 Å².